The highest BCUT2D eigenvalue weighted by Gasteiger charge is 2.64. The maximum Gasteiger partial charge on any atom is 0.327 e. The van der Waals surface area contributed by atoms with Gasteiger partial charge in [0.15, 0.2) is 0 Å². The topological polar surface area (TPSA) is 86.7 Å². The van der Waals surface area contributed by atoms with Gasteiger partial charge in [0.2, 0.25) is 11.8 Å². The number of carbonyl (C=O) groups excluding carboxylic acids is 2. The van der Waals surface area contributed by atoms with Crippen molar-refractivity contribution >= 4 is 41.1 Å². The lowest BCUT2D eigenvalue weighted by Gasteiger charge is -2.44. The van der Waals surface area contributed by atoms with Crippen LogP contribution < -0.4 is 5.32 Å². The first-order valence-electron chi connectivity index (χ1n) is 9.47. The molecule has 0 radical (unpaired) electrons. The molecule has 1 aliphatic carbocycles. The average Bonchev–Trinajstić information content (AvgIpc) is 3.21. The maximum absolute atomic E-state index is 13.3. The number of fused-ring (bicyclic) bond motifs is 1. The maximum atomic E-state index is 13.3. The van der Waals surface area contributed by atoms with E-state index in [9.17, 15) is 19.5 Å². The summed E-state index contributed by atoms with van der Waals surface area (Å²) in [6.07, 6.45) is 3.31. The number of nitrogens with one attached hydrogen (secondary N) is 1. The van der Waals surface area contributed by atoms with E-state index in [-0.39, 0.29) is 17.2 Å². The van der Waals surface area contributed by atoms with Gasteiger partial charge < -0.3 is 15.3 Å². The second-order valence-electron chi connectivity index (χ2n) is 8.35. The molecule has 8 heteroatoms. The lowest BCUT2D eigenvalue weighted by Crippen LogP contribution is -2.71. The van der Waals surface area contributed by atoms with Crippen LogP contribution in [0, 0.1) is 0 Å². The Morgan fingerprint density at radius 3 is 2.57 bits per heavy atom. The number of aliphatic carboxylic acids is 1. The van der Waals surface area contributed by atoms with E-state index in [1.165, 1.54) is 16.7 Å². The van der Waals surface area contributed by atoms with Crippen molar-refractivity contribution in [1.82, 2.24) is 10.2 Å². The number of hydrogen-bond acceptors (Lipinski definition) is 4. The van der Waals surface area contributed by atoms with Gasteiger partial charge >= 0.3 is 5.97 Å². The number of nitrogens with zero attached hydrogens (tertiary/aromatic N) is 1. The Balaban J connectivity index is 1.57. The number of β-lactam (4-membered cyclic amide) rings is 1. The van der Waals surface area contributed by atoms with Crippen LogP contribution in [0.25, 0.3) is 0 Å². The molecule has 0 unspecified atom stereocenters. The molecule has 3 fully saturated rings. The standard InChI is InChI=1S/C20H23ClN2O4S/c1-19(2)14(17(25)26)23-15(24)13(16(23)28-19)22-18(27)20(8-3-4-9-20)11-6-5-7-12(21)10-11/h5-7,10,13-14,16H,3-4,8-9H2,1-2H3,(H,22,27)(H,25,26)/t13-,14+,16-/m1/s1. The number of carboxylic acids is 1. The van der Waals surface area contributed by atoms with Crippen molar-refractivity contribution in [2.75, 3.05) is 0 Å². The van der Waals surface area contributed by atoms with Crippen LogP contribution in [0.4, 0.5) is 0 Å². The van der Waals surface area contributed by atoms with E-state index in [1.54, 1.807) is 6.07 Å². The highest BCUT2D eigenvalue weighted by molar-refractivity contribution is 8.01. The van der Waals surface area contributed by atoms with Crippen LogP contribution in [0.15, 0.2) is 24.3 Å². The number of hydrogen-bond donors (Lipinski definition) is 2. The predicted octanol–water partition coefficient (Wildman–Crippen LogP) is 2.78. The molecule has 3 atom stereocenters. The molecule has 2 heterocycles. The third kappa shape index (κ3) is 2.82. The zero-order chi connectivity index (χ0) is 20.3. The second kappa shape index (κ2) is 6.66. The molecule has 28 heavy (non-hydrogen) atoms. The Morgan fingerprint density at radius 2 is 1.96 bits per heavy atom. The summed E-state index contributed by atoms with van der Waals surface area (Å²) in [7, 11) is 0. The smallest absolute Gasteiger partial charge is 0.327 e. The van der Waals surface area contributed by atoms with Crippen molar-refractivity contribution in [2.24, 2.45) is 0 Å². The number of halogens is 1. The molecule has 4 rings (SSSR count). The summed E-state index contributed by atoms with van der Waals surface area (Å²) < 4.78 is -0.608. The molecule has 1 aromatic carbocycles. The van der Waals surface area contributed by atoms with Crippen LogP contribution in [0.1, 0.15) is 45.1 Å². The van der Waals surface area contributed by atoms with Crippen LogP contribution in [0.5, 0.6) is 0 Å². The SMILES string of the molecule is CC1(C)S[C@@H]2[C@H](NC(=O)C3(c4cccc(Cl)c4)CCCC3)C(=O)N2[C@H]1C(=O)O. The van der Waals surface area contributed by atoms with Gasteiger partial charge in [-0.15, -0.1) is 11.8 Å². The minimum Gasteiger partial charge on any atom is -0.480 e. The van der Waals surface area contributed by atoms with Crippen LogP contribution in [-0.2, 0) is 19.8 Å². The molecule has 1 aromatic rings. The molecule has 2 N–H and O–H groups in total. The van der Waals surface area contributed by atoms with E-state index in [2.05, 4.69) is 5.32 Å². The van der Waals surface area contributed by atoms with Gasteiger partial charge in [0.1, 0.15) is 17.5 Å². The molecule has 1 saturated carbocycles. The van der Waals surface area contributed by atoms with Crippen molar-refractivity contribution in [1.29, 1.82) is 0 Å². The first kappa shape index (κ1) is 19.6. The molecule has 6 nitrogen and oxygen atoms in total. The van der Waals surface area contributed by atoms with Crippen molar-refractivity contribution < 1.29 is 19.5 Å². The Bertz CT molecular complexity index is 852. The van der Waals surface area contributed by atoms with Gasteiger partial charge in [-0.25, -0.2) is 4.79 Å². The molecule has 0 aromatic heterocycles. The van der Waals surface area contributed by atoms with E-state index >= 15 is 0 Å². The molecule has 3 aliphatic rings. The molecule has 0 bridgehead atoms. The lowest BCUT2D eigenvalue weighted by atomic mass is 9.77. The molecule has 0 spiro atoms. The van der Waals surface area contributed by atoms with Gasteiger partial charge in [-0.1, -0.05) is 36.6 Å². The highest BCUT2D eigenvalue weighted by Crippen LogP contribution is 2.51. The minimum absolute atomic E-state index is 0.164. The number of amides is 2. The molecular formula is C20H23ClN2O4S. The summed E-state index contributed by atoms with van der Waals surface area (Å²) >= 11 is 7.59. The summed E-state index contributed by atoms with van der Waals surface area (Å²) in [5.74, 6) is -1.49. The highest BCUT2D eigenvalue weighted by atomic mass is 35.5. The number of rotatable bonds is 4. The van der Waals surface area contributed by atoms with Crippen molar-refractivity contribution in [3.8, 4) is 0 Å². The van der Waals surface area contributed by atoms with Crippen LogP contribution in [0.2, 0.25) is 5.02 Å². The van der Waals surface area contributed by atoms with E-state index in [4.69, 9.17) is 11.6 Å². The van der Waals surface area contributed by atoms with E-state index in [1.807, 2.05) is 32.0 Å². The average molecular weight is 423 g/mol. The normalized spacial score (nSPS) is 29.9. The molecule has 2 amide bonds. The third-order valence-corrected chi connectivity index (χ3v) is 8.04. The molecule has 150 valence electrons. The summed E-state index contributed by atoms with van der Waals surface area (Å²) in [6, 6.07) is 5.81. The number of carbonyl (C=O) groups is 3. The van der Waals surface area contributed by atoms with Gasteiger partial charge in [-0.05, 0) is 44.4 Å². The van der Waals surface area contributed by atoms with Gasteiger partial charge in [0.25, 0.3) is 0 Å². The fourth-order valence-corrected chi connectivity index (χ4v) is 6.65. The van der Waals surface area contributed by atoms with Crippen LogP contribution >= 0.6 is 23.4 Å². The Hall–Kier alpha value is -1.73. The van der Waals surface area contributed by atoms with E-state index in [0.717, 1.165) is 18.4 Å². The summed E-state index contributed by atoms with van der Waals surface area (Å²) in [4.78, 5) is 39.1. The second-order valence-corrected chi connectivity index (χ2v) is 10.6. The van der Waals surface area contributed by atoms with Crippen molar-refractivity contribution in [2.45, 2.75) is 67.2 Å². The number of benzene rings is 1. The zero-order valence-electron chi connectivity index (χ0n) is 15.8. The van der Waals surface area contributed by atoms with Gasteiger partial charge in [-0.3, -0.25) is 9.59 Å². The third-order valence-electron chi connectivity index (χ3n) is 6.23. The number of thioether (sulfide) groups is 1. The summed E-state index contributed by atoms with van der Waals surface area (Å²) in [5.41, 5.74) is 0.192. The first-order chi connectivity index (χ1) is 13.2. The van der Waals surface area contributed by atoms with Gasteiger partial charge in [0, 0.05) is 9.77 Å². The van der Waals surface area contributed by atoms with E-state index in [0.29, 0.717) is 17.9 Å². The first-order valence-corrected chi connectivity index (χ1v) is 10.7. The summed E-state index contributed by atoms with van der Waals surface area (Å²) in [6.45, 7) is 3.65. The minimum atomic E-state index is -1.01. The quantitative estimate of drug-likeness (QED) is 0.728. The summed E-state index contributed by atoms with van der Waals surface area (Å²) in [5, 5.41) is 12.7. The Morgan fingerprint density at radius 1 is 1.29 bits per heavy atom. The van der Waals surface area contributed by atoms with Gasteiger partial charge in [-0.2, -0.15) is 0 Å². The van der Waals surface area contributed by atoms with Crippen molar-refractivity contribution in [3.63, 3.8) is 0 Å². The van der Waals surface area contributed by atoms with Crippen LogP contribution in [0.3, 0.4) is 0 Å². The van der Waals surface area contributed by atoms with Crippen LogP contribution in [-0.4, -0.2) is 50.0 Å². The van der Waals surface area contributed by atoms with E-state index < -0.39 is 28.2 Å². The number of carboxylic acid groups (broad SMARTS) is 1. The lowest BCUT2D eigenvalue weighted by molar-refractivity contribution is -0.161. The fourth-order valence-electron chi connectivity index (χ4n) is 4.84. The largest absolute Gasteiger partial charge is 0.480 e. The predicted molar refractivity (Wildman–Crippen MR) is 107 cm³/mol. The molecular weight excluding hydrogens is 400 g/mol. The Labute approximate surface area is 173 Å². The molecule has 2 aliphatic heterocycles. The molecule has 2 saturated heterocycles. The fraction of sp³-hybridized carbons (Fsp3) is 0.550. The Kier molecular flexibility index (Phi) is 4.66. The zero-order valence-corrected chi connectivity index (χ0v) is 17.3. The van der Waals surface area contributed by atoms with Gasteiger partial charge in [0.05, 0.1) is 5.41 Å². The van der Waals surface area contributed by atoms with Crippen molar-refractivity contribution in [3.05, 3.63) is 34.9 Å². The monoisotopic (exact) mass is 422 g/mol.